The molecule has 2 fully saturated rings. The summed E-state index contributed by atoms with van der Waals surface area (Å²) in [5.74, 6) is 5.97. The number of pyridine rings is 1. The van der Waals surface area contributed by atoms with Crippen LogP contribution in [0.2, 0.25) is 0 Å². The molecular formula is C33H33N5O4. The van der Waals surface area contributed by atoms with Gasteiger partial charge in [0.2, 0.25) is 23.6 Å². The second kappa shape index (κ2) is 13.1. The van der Waals surface area contributed by atoms with Crippen molar-refractivity contribution in [3.8, 4) is 11.8 Å². The van der Waals surface area contributed by atoms with Crippen LogP contribution in [0.3, 0.4) is 0 Å². The highest BCUT2D eigenvalue weighted by Gasteiger charge is 2.34. The lowest BCUT2D eigenvalue weighted by Gasteiger charge is -2.24. The summed E-state index contributed by atoms with van der Waals surface area (Å²) in [6, 6.07) is 19.3. The van der Waals surface area contributed by atoms with E-state index < -0.39 is 12.1 Å². The highest BCUT2D eigenvalue weighted by Crippen LogP contribution is 2.21. The van der Waals surface area contributed by atoms with E-state index in [2.05, 4.69) is 27.5 Å². The summed E-state index contributed by atoms with van der Waals surface area (Å²) in [6.45, 7) is 2.66. The molecule has 0 bridgehead atoms. The molecule has 2 saturated heterocycles. The number of carbonyl (C=O) groups is 4. The van der Waals surface area contributed by atoms with Gasteiger partial charge in [-0.2, -0.15) is 0 Å². The number of amides is 4. The molecule has 4 amide bonds. The molecule has 0 saturated carbocycles. The molecule has 3 heterocycles. The van der Waals surface area contributed by atoms with Crippen molar-refractivity contribution in [3.63, 3.8) is 0 Å². The standard InChI is InChI=1S/C33H33N5O4/c1-23(39)37-19-5-9-28(37)32(41)35-27-16-13-24(14-17-27)11-12-26-15-18-30(34-22-26)36-33(42)29-10-6-20-38(29)31(40)21-25-7-3-2-4-8-25/h2-4,7-8,13-18,22,28-29H,5-6,9-10,19-21H2,1H3,(H,35,41)(H,34,36,42)/t28-,29-/m0/s1. The third-order valence-corrected chi connectivity index (χ3v) is 7.55. The minimum atomic E-state index is -0.513. The molecule has 0 unspecified atom stereocenters. The van der Waals surface area contributed by atoms with Gasteiger partial charge in [-0.15, -0.1) is 0 Å². The van der Waals surface area contributed by atoms with Gasteiger partial charge >= 0.3 is 0 Å². The topological polar surface area (TPSA) is 112 Å². The van der Waals surface area contributed by atoms with Crippen LogP contribution in [0.5, 0.6) is 0 Å². The second-order valence-corrected chi connectivity index (χ2v) is 10.5. The van der Waals surface area contributed by atoms with Gasteiger partial charge in [0.25, 0.3) is 0 Å². The molecule has 9 nitrogen and oxygen atoms in total. The van der Waals surface area contributed by atoms with Crippen molar-refractivity contribution in [1.82, 2.24) is 14.8 Å². The van der Waals surface area contributed by atoms with E-state index >= 15 is 0 Å². The zero-order valence-electron chi connectivity index (χ0n) is 23.5. The number of nitrogens with zero attached hydrogens (tertiary/aromatic N) is 3. The smallest absolute Gasteiger partial charge is 0.248 e. The maximum atomic E-state index is 13.0. The van der Waals surface area contributed by atoms with Crippen molar-refractivity contribution in [2.45, 2.75) is 51.1 Å². The van der Waals surface area contributed by atoms with Crippen molar-refractivity contribution < 1.29 is 19.2 Å². The molecule has 1 aromatic heterocycles. The van der Waals surface area contributed by atoms with Crippen LogP contribution in [0.15, 0.2) is 72.9 Å². The van der Waals surface area contributed by atoms with E-state index in [0.717, 1.165) is 24.0 Å². The van der Waals surface area contributed by atoms with Gasteiger partial charge in [0, 0.05) is 43.0 Å². The summed E-state index contributed by atoms with van der Waals surface area (Å²) in [5, 5.41) is 5.72. The van der Waals surface area contributed by atoms with Gasteiger partial charge in [-0.3, -0.25) is 19.2 Å². The number of hydrogen-bond acceptors (Lipinski definition) is 5. The molecule has 0 radical (unpaired) electrons. The van der Waals surface area contributed by atoms with Crippen LogP contribution >= 0.6 is 0 Å². The number of benzene rings is 2. The molecular weight excluding hydrogens is 530 g/mol. The van der Waals surface area contributed by atoms with E-state index in [1.807, 2.05) is 42.5 Å². The number of aromatic nitrogens is 1. The normalized spacial score (nSPS) is 17.7. The van der Waals surface area contributed by atoms with Crippen LogP contribution < -0.4 is 10.6 Å². The summed E-state index contributed by atoms with van der Waals surface area (Å²) in [5.41, 5.74) is 3.01. The second-order valence-electron chi connectivity index (χ2n) is 10.5. The summed E-state index contributed by atoms with van der Waals surface area (Å²) in [4.78, 5) is 57.8. The maximum absolute atomic E-state index is 13.0. The van der Waals surface area contributed by atoms with E-state index in [9.17, 15) is 19.2 Å². The van der Waals surface area contributed by atoms with Gasteiger partial charge in [0.15, 0.2) is 0 Å². The Kier molecular flexibility index (Phi) is 8.93. The van der Waals surface area contributed by atoms with Gasteiger partial charge in [-0.05, 0) is 67.6 Å². The van der Waals surface area contributed by atoms with Crippen LogP contribution in [0.4, 0.5) is 11.5 Å². The summed E-state index contributed by atoms with van der Waals surface area (Å²) < 4.78 is 0. The predicted molar refractivity (Wildman–Crippen MR) is 159 cm³/mol. The minimum Gasteiger partial charge on any atom is -0.331 e. The van der Waals surface area contributed by atoms with Gasteiger partial charge in [0.05, 0.1) is 6.42 Å². The lowest BCUT2D eigenvalue weighted by atomic mass is 10.1. The molecule has 9 heteroatoms. The number of nitrogens with one attached hydrogen (secondary N) is 2. The van der Waals surface area contributed by atoms with Crippen molar-refractivity contribution in [3.05, 3.63) is 89.6 Å². The molecule has 2 aliphatic rings. The average Bonchev–Trinajstić information content (AvgIpc) is 3.69. The molecule has 0 aliphatic carbocycles. The van der Waals surface area contributed by atoms with Crippen LogP contribution in [0.1, 0.15) is 49.3 Å². The minimum absolute atomic E-state index is 0.0544. The summed E-state index contributed by atoms with van der Waals surface area (Å²) in [6.07, 6.45) is 4.76. The first-order valence-electron chi connectivity index (χ1n) is 14.2. The Balaban J connectivity index is 1.14. The van der Waals surface area contributed by atoms with Crippen LogP contribution in [0.25, 0.3) is 0 Å². The van der Waals surface area contributed by atoms with Crippen molar-refractivity contribution in [1.29, 1.82) is 0 Å². The molecule has 2 aromatic carbocycles. The first-order valence-corrected chi connectivity index (χ1v) is 14.2. The molecule has 2 aliphatic heterocycles. The Labute approximate surface area is 245 Å². The van der Waals surface area contributed by atoms with Crippen LogP contribution in [0, 0.1) is 11.8 Å². The molecule has 214 valence electrons. The fraction of sp³-hybridized carbons (Fsp3) is 0.303. The van der Waals surface area contributed by atoms with E-state index in [1.165, 1.54) is 6.92 Å². The molecule has 2 atom stereocenters. The molecule has 42 heavy (non-hydrogen) atoms. The SMILES string of the molecule is CC(=O)N1CCC[C@H]1C(=O)Nc1ccc(C#Cc2ccc(NC(=O)[C@@H]3CCCN3C(=O)Cc3ccccc3)nc2)cc1. The number of carbonyl (C=O) groups excluding carboxylic acids is 4. The lowest BCUT2D eigenvalue weighted by Crippen LogP contribution is -2.43. The largest absolute Gasteiger partial charge is 0.331 e. The number of likely N-dealkylation sites (tertiary alicyclic amines) is 2. The van der Waals surface area contributed by atoms with Crippen LogP contribution in [-0.4, -0.2) is 63.6 Å². The van der Waals surface area contributed by atoms with Crippen molar-refractivity contribution in [2.75, 3.05) is 23.7 Å². The number of rotatable bonds is 6. The number of anilines is 2. The Bertz CT molecular complexity index is 1510. The Morgan fingerprint density at radius 2 is 1.40 bits per heavy atom. The molecule has 3 aromatic rings. The maximum Gasteiger partial charge on any atom is 0.248 e. The Morgan fingerprint density at radius 3 is 2.07 bits per heavy atom. The zero-order chi connectivity index (χ0) is 29.5. The quantitative estimate of drug-likeness (QED) is 0.445. The fourth-order valence-electron chi connectivity index (χ4n) is 5.38. The zero-order valence-corrected chi connectivity index (χ0v) is 23.5. The first kappa shape index (κ1) is 28.6. The molecule has 0 spiro atoms. The van der Waals surface area contributed by atoms with E-state index in [1.54, 1.807) is 40.3 Å². The Hall–Kier alpha value is -4.97. The van der Waals surface area contributed by atoms with Crippen molar-refractivity contribution >= 4 is 35.1 Å². The summed E-state index contributed by atoms with van der Waals surface area (Å²) >= 11 is 0. The highest BCUT2D eigenvalue weighted by atomic mass is 16.2. The highest BCUT2D eigenvalue weighted by molar-refractivity contribution is 5.98. The van der Waals surface area contributed by atoms with Gasteiger partial charge in [0.1, 0.15) is 17.9 Å². The monoisotopic (exact) mass is 563 g/mol. The van der Waals surface area contributed by atoms with Gasteiger partial charge in [-0.1, -0.05) is 42.2 Å². The number of hydrogen-bond donors (Lipinski definition) is 2. The molecule has 5 rings (SSSR count). The van der Waals surface area contributed by atoms with E-state index in [-0.39, 0.29) is 30.0 Å². The van der Waals surface area contributed by atoms with E-state index in [0.29, 0.717) is 43.0 Å². The lowest BCUT2D eigenvalue weighted by molar-refractivity contribution is -0.136. The average molecular weight is 564 g/mol. The Morgan fingerprint density at radius 1 is 0.786 bits per heavy atom. The first-order chi connectivity index (χ1) is 20.4. The van der Waals surface area contributed by atoms with Gasteiger partial charge < -0.3 is 20.4 Å². The van der Waals surface area contributed by atoms with Crippen LogP contribution in [-0.2, 0) is 25.6 Å². The third kappa shape index (κ3) is 7.02. The fourth-order valence-corrected chi connectivity index (χ4v) is 5.38. The van der Waals surface area contributed by atoms with E-state index in [4.69, 9.17) is 0 Å². The summed E-state index contributed by atoms with van der Waals surface area (Å²) in [7, 11) is 0. The third-order valence-electron chi connectivity index (χ3n) is 7.55. The molecule has 2 N–H and O–H groups in total. The predicted octanol–water partition coefficient (Wildman–Crippen LogP) is 3.60. The van der Waals surface area contributed by atoms with Gasteiger partial charge in [-0.25, -0.2) is 4.98 Å². The van der Waals surface area contributed by atoms with Crippen molar-refractivity contribution in [2.24, 2.45) is 0 Å².